The molecule has 0 saturated carbocycles. The Morgan fingerprint density at radius 1 is 1.32 bits per heavy atom. The monoisotopic (exact) mass is 262 g/mol. The Balaban J connectivity index is 1.75. The van der Waals surface area contributed by atoms with Crippen molar-refractivity contribution in [2.24, 2.45) is 11.7 Å². The van der Waals surface area contributed by atoms with Gasteiger partial charge in [0, 0.05) is 12.1 Å². The van der Waals surface area contributed by atoms with E-state index in [2.05, 4.69) is 30.9 Å². The molecule has 0 bridgehead atoms. The van der Waals surface area contributed by atoms with Gasteiger partial charge in [0.2, 0.25) is 6.79 Å². The summed E-state index contributed by atoms with van der Waals surface area (Å²) in [7, 11) is 0. The Labute approximate surface area is 114 Å². The molecule has 1 aromatic rings. The lowest BCUT2D eigenvalue weighted by molar-refractivity contribution is 0.133. The van der Waals surface area contributed by atoms with Crippen LogP contribution in [0, 0.1) is 5.92 Å². The van der Waals surface area contributed by atoms with E-state index >= 15 is 0 Å². The highest BCUT2D eigenvalue weighted by atomic mass is 16.7. The highest BCUT2D eigenvalue weighted by molar-refractivity contribution is 5.44. The predicted molar refractivity (Wildman–Crippen MR) is 74.2 cm³/mol. The summed E-state index contributed by atoms with van der Waals surface area (Å²) >= 11 is 0. The first-order chi connectivity index (χ1) is 9.11. The van der Waals surface area contributed by atoms with Crippen LogP contribution in [-0.2, 0) is 6.54 Å². The summed E-state index contributed by atoms with van der Waals surface area (Å²) in [5.74, 6) is 2.30. The first-order valence-electron chi connectivity index (χ1n) is 6.95. The molecule has 104 valence electrons. The molecule has 1 atom stereocenters. The smallest absolute Gasteiger partial charge is 0.231 e. The topological polar surface area (TPSA) is 47.7 Å². The molecule has 1 aromatic carbocycles. The molecule has 0 aromatic heterocycles. The Morgan fingerprint density at radius 2 is 2.11 bits per heavy atom. The third kappa shape index (κ3) is 2.19. The second kappa shape index (κ2) is 4.69. The van der Waals surface area contributed by atoms with Crippen LogP contribution < -0.4 is 15.2 Å². The molecule has 19 heavy (non-hydrogen) atoms. The van der Waals surface area contributed by atoms with Gasteiger partial charge >= 0.3 is 0 Å². The van der Waals surface area contributed by atoms with Crippen LogP contribution in [-0.4, -0.2) is 30.3 Å². The number of nitrogens with two attached hydrogens (primary N) is 1. The van der Waals surface area contributed by atoms with Crippen molar-refractivity contribution in [2.75, 3.05) is 19.9 Å². The van der Waals surface area contributed by atoms with Gasteiger partial charge in [0.1, 0.15) is 0 Å². The molecular formula is C15H22N2O2. The third-order valence-corrected chi connectivity index (χ3v) is 4.66. The third-order valence-electron chi connectivity index (χ3n) is 4.66. The average Bonchev–Trinajstić information content (AvgIpc) is 2.94. The zero-order chi connectivity index (χ0) is 13.5. The van der Waals surface area contributed by atoms with Crippen LogP contribution in [0.1, 0.15) is 25.8 Å². The van der Waals surface area contributed by atoms with Gasteiger partial charge in [-0.25, -0.2) is 0 Å². The number of hydrogen-bond acceptors (Lipinski definition) is 4. The molecule has 2 heterocycles. The largest absolute Gasteiger partial charge is 0.454 e. The maximum atomic E-state index is 5.88. The summed E-state index contributed by atoms with van der Waals surface area (Å²) in [5.41, 5.74) is 7.32. The number of ether oxygens (including phenoxy) is 2. The van der Waals surface area contributed by atoms with Crippen LogP contribution in [0.15, 0.2) is 18.2 Å². The van der Waals surface area contributed by atoms with Gasteiger partial charge in [-0.1, -0.05) is 6.07 Å². The molecule has 2 N–H and O–H groups in total. The minimum Gasteiger partial charge on any atom is -0.454 e. The van der Waals surface area contributed by atoms with Gasteiger partial charge in [-0.3, -0.25) is 4.90 Å². The quantitative estimate of drug-likeness (QED) is 0.905. The van der Waals surface area contributed by atoms with Crippen LogP contribution in [0.25, 0.3) is 0 Å². The lowest BCUT2D eigenvalue weighted by atomic mass is 9.88. The van der Waals surface area contributed by atoms with Crippen molar-refractivity contribution >= 4 is 0 Å². The van der Waals surface area contributed by atoms with E-state index in [9.17, 15) is 0 Å². The van der Waals surface area contributed by atoms with Gasteiger partial charge in [-0.15, -0.1) is 0 Å². The van der Waals surface area contributed by atoms with Crippen molar-refractivity contribution in [1.82, 2.24) is 4.90 Å². The van der Waals surface area contributed by atoms with E-state index in [1.807, 2.05) is 6.07 Å². The second-order valence-electron chi connectivity index (χ2n) is 5.98. The van der Waals surface area contributed by atoms with Crippen molar-refractivity contribution in [2.45, 2.75) is 32.4 Å². The Kier molecular flexibility index (Phi) is 3.15. The van der Waals surface area contributed by atoms with E-state index < -0.39 is 0 Å². The van der Waals surface area contributed by atoms with Crippen molar-refractivity contribution < 1.29 is 9.47 Å². The first kappa shape index (κ1) is 12.8. The summed E-state index contributed by atoms with van der Waals surface area (Å²) in [6, 6.07) is 6.22. The molecule has 4 heteroatoms. The lowest BCUT2D eigenvalue weighted by Gasteiger charge is -2.35. The van der Waals surface area contributed by atoms with E-state index in [-0.39, 0.29) is 5.54 Å². The van der Waals surface area contributed by atoms with E-state index in [1.54, 1.807) is 0 Å². The van der Waals surface area contributed by atoms with Crippen LogP contribution in [0.3, 0.4) is 0 Å². The second-order valence-corrected chi connectivity index (χ2v) is 5.98. The summed E-state index contributed by atoms with van der Waals surface area (Å²) in [6.07, 6.45) is 1.19. The van der Waals surface area contributed by atoms with Crippen LogP contribution in [0.2, 0.25) is 0 Å². The number of likely N-dealkylation sites (tertiary alicyclic amines) is 1. The molecular weight excluding hydrogens is 240 g/mol. The molecule has 2 aliphatic heterocycles. The fourth-order valence-corrected chi connectivity index (χ4v) is 3.16. The number of hydrogen-bond donors (Lipinski definition) is 1. The Hall–Kier alpha value is -1.26. The molecule has 3 rings (SSSR count). The van der Waals surface area contributed by atoms with Crippen molar-refractivity contribution in [3.63, 3.8) is 0 Å². The molecule has 2 aliphatic rings. The van der Waals surface area contributed by atoms with E-state index in [4.69, 9.17) is 15.2 Å². The molecule has 0 amide bonds. The zero-order valence-corrected chi connectivity index (χ0v) is 11.7. The summed E-state index contributed by atoms with van der Waals surface area (Å²) < 4.78 is 10.8. The highest BCUT2D eigenvalue weighted by Gasteiger charge is 2.40. The highest BCUT2D eigenvalue weighted by Crippen LogP contribution is 2.37. The van der Waals surface area contributed by atoms with E-state index in [1.165, 1.54) is 12.0 Å². The van der Waals surface area contributed by atoms with Crippen LogP contribution in [0.5, 0.6) is 11.5 Å². The molecule has 1 saturated heterocycles. The number of nitrogens with zero attached hydrogens (tertiary/aromatic N) is 1. The zero-order valence-electron chi connectivity index (χ0n) is 11.7. The standard InChI is InChI=1S/C15H22N2O2/c1-15(2)12(8-16)5-6-17(15)9-11-3-4-13-14(7-11)19-10-18-13/h3-4,7,12H,5-6,8-10,16H2,1-2H3. The predicted octanol–water partition coefficient (Wildman–Crippen LogP) is 1.97. The fraction of sp³-hybridized carbons (Fsp3) is 0.600. The summed E-state index contributed by atoms with van der Waals surface area (Å²) in [5, 5.41) is 0. The van der Waals surface area contributed by atoms with Crippen molar-refractivity contribution in [3.05, 3.63) is 23.8 Å². The average molecular weight is 262 g/mol. The van der Waals surface area contributed by atoms with Crippen LogP contribution in [0.4, 0.5) is 0 Å². The molecule has 0 radical (unpaired) electrons. The minimum absolute atomic E-state index is 0.172. The van der Waals surface area contributed by atoms with Gasteiger partial charge < -0.3 is 15.2 Å². The SMILES string of the molecule is CC1(C)C(CN)CCN1Cc1ccc2c(c1)OCO2. The number of rotatable bonds is 3. The van der Waals surface area contributed by atoms with Gasteiger partial charge in [0.15, 0.2) is 11.5 Å². The van der Waals surface area contributed by atoms with E-state index in [0.717, 1.165) is 31.1 Å². The maximum absolute atomic E-state index is 5.88. The molecule has 4 nitrogen and oxygen atoms in total. The van der Waals surface area contributed by atoms with Gasteiger partial charge in [-0.05, 0) is 57.0 Å². The van der Waals surface area contributed by atoms with Crippen molar-refractivity contribution in [3.8, 4) is 11.5 Å². The van der Waals surface area contributed by atoms with E-state index in [0.29, 0.717) is 12.7 Å². The Morgan fingerprint density at radius 3 is 2.84 bits per heavy atom. The first-order valence-corrected chi connectivity index (χ1v) is 6.95. The normalized spacial score (nSPS) is 24.9. The maximum Gasteiger partial charge on any atom is 0.231 e. The van der Waals surface area contributed by atoms with Gasteiger partial charge in [0.05, 0.1) is 0 Å². The minimum atomic E-state index is 0.172. The fourth-order valence-electron chi connectivity index (χ4n) is 3.16. The van der Waals surface area contributed by atoms with Crippen LogP contribution >= 0.6 is 0 Å². The number of fused-ring (bicyclic) bond motifs is 1. The summed E-state index contributed by atoms with van der Waals surface area (Å²) in [4.78, 5) is 2.52. The van der Waals surface area contributed by atoms with Gasteiger partial charge in [-0.2, -0.15) is 0 Å². The van der Waals surface area contributed by atoms with Crippen molar-refractivity contribution in [1.29, 1.82) is 0 Å². The lowest BCUT2D eigenvalue weighted by Crippen LogP contribution is -2.44. The Bertz CT molecular complexity index is 473. The van der Waals surface area contributed by atoms with Gasteiger partial charge in [0.25, 0.3) is 0 Å². The molecule has 0 spiro atoms. The number of benzene rings is 1. The molecule has 1 unspecified atom stereocenters. The molecule has 0 aliphatic carbocycles. The summed E-state index contributed by atoms with van der Waals surface area (Å²) in [6.45, 7) is 7.76. The molecule has 1 fully saturated rings.